The molecule has 0 fully saturated rings. The molecule has 0 spiro atoms. The van der Waals surface area contributed by atoms with Crippen molar-refractivity contribution in [1.29, 1.82) is 0 Å². The van der Waals surface area contributed by atoms with Gasteiger partial charge in [0.25, 0.3) is 0 Å². The summed E-state index contributed by atoms with van der Waals surface area (Å²) in [6.45, 7) is 0.492. The van der Waals surface area contributed by atoms with Crippen LogP contribution in [0, 0.1) is 0 Å². The third-order valence-corrected chi connectivity index (χ3v) is 2.05. The number of benzene rings is 1. The fourth-order valence-electron chi connectivity index (χ4n) is 1.28. The van der Waals surface area contributed by atoms with Gasteiger partial charge in [0.05, 0.1) is 0 Å². The van der Waals surface area contributed by atoms with E-state index in [4.69, 9.17) is 20.8 Å². The summed E-state index contributed by atoms with van der Waals surface area (Å²) in [5.74, 6) is 0.819. The van der Waals surface area contributed by atoms with Crippen LogP contribution in [0.25, 0.3) is 11.0 Å². The largest absolute Gasteiger partial charge is 0.459 e. The molecule has 1 aromatic heterocycles. The van der Waals surface area contributed by atoms with Crippen molar-refractivity contribution in [2.75, 3.05) is 7.11 Å². The molecule has 1 heterocycles. The van der Waals surface area contributed by atoms with E-state index in [1.54, 1.807) is 7.11 Å². The fourth-order valence-corrected chi connectivity index (χ4v) is 1.46. The van der Waals surface area contributed by atoms with Crippen molar-refractivity contribution in [1.82, 2.24) is 0 Å². The molecule has 0 atom stereocenters. The Morgan fingerprint density at radius 1 is 1.38 bits per heavy atom. The van der Waals surface area contributed by atoms with E-state index in [0.717, 1.165) is 21.8 Å². The molecule has 0 radical (unpaired) electrons. The van der Waals surface area contributed by atoms with Gasteiger partial charge >= 0.3 is 0 Å². The first-order valence-electron chi connectivity index (χ1n) is 3.96. The topological polar surface area (TPSA) is 22.4 Å². The zero-order valence-electron chi connectivity index (χ0n) is 7.21. The summed E-state index contributed by atoms with van der Waals surface area (Å²) in [6, 6.07) is 7.48. The molecule has 0 saturated heterocycles. The van der Waals surface area contributed by atoms with E-state index in [2.05, 4.69) is 0 Å². The van der Waals surface area contributed by atoms with Crippen molar-refractivity contribution in [2.24, 2.45) is 0 Å². The highest BCUT2D eigenvalue weighted by Crippen LogP contribution is 2.23. The van der Waals surface area contributed by atoms with Crippen LogP contribution in [0.2, 0.25) is 5.02 Å². The minimum atomic E-state index is 0.492. The van der Waals surface area contributed by atoms with Gasteiger partial charge in [0.15, 0.2) is 0 Å². The van der Waals surface area contributed by atoms with Gasteiger partial charge in [0, 0.05) is 17.5 Å². The van der Waals surface area contributed by atoms with Gasteiger partial charge in [-0.15, -0.1) is 0 Å². The van der Waals surface area contributed by atoms with Crippen molar-refractivity contribution in [3.05, 3.63) is 35.0 Å². The molecule has 0 aliphatic rings. The Kier molecular flexibility index (Phi) is 2.25. The van der Waals surface area contributed by atoms with Gasteiger partial charge in [-0.3, -0.25) is 0 Å². The molecule has 0 saturated carbocycles. The maximum atomic E-state index is 5.83. The second-order valence-electron chi connectivity index (χ2n) is 2.83. The van der Waals surface area contributed by atoms with E-state index < -0.39 is 0 Å². The van der Waals surface area contributed by atoms with Crippen molar-refractivity contribution in [2.45, 2.75) is 6.61 Å². The van der Waals surface area contributed by atoms with Crippen LogP contribution in [0.5, 0.6) is 0 Å². The number of hydrogen-bond acceptors (Lipinski definition) is 2. The Morgan fingerprint density at radius 2 is 2.23 bits per heavy atom. The molecule has 3 heteroatoms. The molecule has 0 bridgehead atoms. The average molecular weight is 197 g/mol. The normalized spacial score (nSPS) is 10.9. The van der Waals surface area contributed by atoms with Gasteiger partial charge in [0.1, 0.15) is 18.0 Å². The highest BCUT2D eigenvalue weighted by Gasteiger charge is 2.02. The quantitative estimate of drug-likeness (QED) is 0.736. The van der Waals surface area contributed by atoms with Crippen LogP contribution >= 0.6 is 11.6 Å². The Balaban J connectivity index is 2.49. The maximum absolute atomic E-state index is 5.83. The highest BCUT2D eigenvalue weighted by atomic mass is 35.5. The molecule has 0 aliphatic carbocycles. The van der Waals surface area contributed by atoms with Gasteiger partial charge in [-0.2, -0.15) is 0 Å². The SMILES string of the molecule is COCc1cc2cc(Cl)ccc2o1. The van der Waals surface area contributed by atoms with E-state index in [0.29, 0.717) is 6.61 Å². The summed E-state index contributed by atoms with van der Waals surface area (Å²) in [7, 11) is 1.64. The molecular formula is C10H9ClO2. The minimum absolute atomic E-state index is 0.492. The number of furan rings is 1. The number of hydrogen-bond donors (Lipinski definition) is 0. The molecule has 0 amide bonds. The first-order valence-corrected chi connectivity index (χ1v) is 4.34. The highest BCUT2D eigenvalue weighted by molar-refractivity contribution is 6.31. The summed E-state index contributed by atoms with van der Waals surface area (Å²) in [6.07, 6.45) is 0. The van der Waals surface area contributed by atoms with Crippen molar-refractivity contribution in [3.63, 3.8) is 0 Å². The standard InChI is InChI=1S/C10H9ClO2/c1-12-6-9-5-7-4-8(11)2-3-10(7)13-9/h2-5H,6H2,1H3. The monoisotopic (exact) mass is 196 g/mol. The van der Waals surface area contributed by atoms with Gasteiger partial charge in [0.2, 0.25) is 0 Å². The summed E-state index contributed by atoms with van der Waals surface area (Å²) < 4.78 is 10.4. The molecule has 13 heavy (non-hydrogen) atoms. The van der Waals surface area contributed by atoms with E-state index in [1.165, 1.54) is 0 Å². The Morgan fingerprint density at radius 3 is 3.00 bits per heavy atom. The second kappa shape index (κ2) is 3.40. The lowest BCUT2D eigenvalue weighted by Crippen LogP contribution is -1.81. The third kappa shape index (κ3) is 1.69. The lowest BCUT2D eigenvalue weighted by atomic mass is 10.2. The molecule has 2 rings (SSSR count). The molecule has 0 unspecified atom stereocenters. The lowest BCUT2D eigenvalue weighted by Gasteiger charge is -1.90. The minimum Gasteiger partial charge on any atom is -0.459 e. The van der Waals surface area contributed by atoms with Gasteiger partial charge in [-0.25, -0.2) is 0 Å². The van der Waals surface area contributed by atoms with E-state index >= 15 is 0 Å². The molecule has 2 nitrogen and oxygen atoms in total. The summed E-state index contributed by atoms with van der Waals surface area (Å²) in [5, 5.41) is 1.73. The molecule has 2 aromatic rings. The predicted molar refractivity (Wildman–Crippen MR) is 51.9 cm³/mol. The molecule has 0 aliphatic heterocycles. The molecule has 1 aromatic carbocycles. The molecule has 0 N–H and O–H groups in total. The van der Waals surface area contributed by atoms with E-state index in [9.17, 15) is 0 Å². The number of fused-ring (bicyclic) bond motifs is 1. The van der Waals surface area contributed by atoms with Crippen LogP contribution in [0.15, 0.2) is 28.7 Å². The van der Waals surface area contributed by atoms with Crippen molar-refractivity contribution in [3.8, 4) is 0 Å². The number of rotatable bonds is 2. The number of halogens is 1. The maximum Gasteiger partial charge on any atom is 0.134 e. The number of ether oxygens (including phenoxy) is 1. The van der Waals surface area contributed by atoms with Crippen LogP contribution in [-0.4, -0.2) is 7.11 Å². The molecule has 68 valence electrons. The van der Waals surface area contributed by atoms with Crippen LogP contribution in [0.4, 0.5) is 0 Å². The summed E-state index contributed by atoms with van der Waals surface area (Å²) in [5.41, 5.74) is 0.844. The zero-order valence-corrected chi connectivity index (χ0v) is 7.97. The third-order valence-electron chi connectivity index (χ3n) is 1.82. The lowest BCUT2D eigenvalue weighted by molar-refractivity contribution is 0.166. The van der Waals surface area contributed by atoms with Crippen molar-refractivity contribution >= 4 is 22.6 Å². The Bertz CT molecular complexity index is 420. The average Bonchev–Trinajstić information content (AvgIpc) is 2.46. The van der Waals surface area contributed by atoms with Crippen LogP contribution in [-0.2, 0) is 11.3 Å². The van der Waals surface area contributed by atoms with Gasteiger partial charge < -0.3 is 9.15 Å². The summed E-state index contributed by atoms with van der Waals surface area (Å²) >= 11 is 5.83. The zero-order chi connectivity index (χ0) is 9.26. The first-order chi connectivity index (χ1) is 6.29. The van der Waals surface area contributed by atoms with Gasteiger partial charge in [-0.1, -0.05) is 11.6 Å². The second-order valence-corrected chi connectivity index (χ2v) is 3.26. The first kappa shape index (κ1) is 8.60. The summed E-state index contributed by atoms with van der Waals surface area (Å²) in [4.78, 5) is 0. The van der Waals surface area contributed by atoms with Crippen molar-refractivity contribution < 1.29 is 9.15 Å². The van der Waals surface area contributed by atoms with E-state index in [-0.39, 0.29) is 0 Å². The fraction of sp³-hybridized carbons (Fsp3) is 0.200. The smallest absolute Gasteiger partial charge is 0.134 e. The van der Waals surface area contributed by atoms with E-state index in [1.807, 2.05) is 24.3 Å². The van der Waals surface area contributed by atoms with Gasteiger partial charge in [-0.05, 0) is 24.3 Å². The number of methoxy groups -OCH3 is 1. The van der Waals surface area contributed by atoms with Crippen LogP contribution in [0.3, 0.4) is 0 Å². The predicted octanol–water partition coefficient (Wildman–Crippen LogP) is 3.23. The Labute approximate surface area is 81.1 Å². The van der Waals surface area contributed by atoms with Crippen LogP contribution in [0.1, 0.15) is 5.76 Å². The molecular weight excluding hydrogens is 188 g/mol. The van der Waals surface area contributed by atoms with Crippen LogP contribution < -0.4 is 0 Å². The Hall–Kier alpha value is -0.990.